The summed E-state index contributed by atoms with van der Waals surface area (Å²) in [6.07, 6.45) is 0. The molecule has 0 atom stereocenters. The second-order valence-corrected chi connectivity index (χ2v) is 3.37. The molecule has 1 saturated heterocycles. The molecule has 0 radical (unpaired) electrons. The molecule has 0 bridgehead atoms. The molecule has 0 aromatic carbocycles. The van der Waals surface area contributed by atoms with Crippen molar-refractivity contribution in [1.29, 1.82) is 0 Å². The molecule has 1 fully saturated rings. The van der Waals surface area contributed by atoms with Crippen molar-refractivity contribution in [2.24, 2.45) is 5.73 Å². The number of rotatable bonds is 0. The van der Waals surface area contributed by atoms with Crippen LogP contribution in [0, 0.1) is 0 Å². The predicted molar refractivity (Wildman–Crippen MR) is 41.2 cm³/mol. The van der Waals surface area contributed by atoms with Crippen molar-refractivity contribution >= 4 is 6.03 Å². The van der Waals surface area contributed by atoms with Crippen LogP contribution in [0.1, 0.15) is 13.8 Å². The van der Waals surface area contributed by atoms with Crippen LogP contribution in [0.2, 0.25) is 0 Å². The monoisotopic (exact) mass is 158 g/mol. The van der Waals surface area contributed by atoms with E-state index in [4.69, 9.17) is 10.5 Å². The van der Waals surface area contributed by atoms with Crippen LogP contribution in [0.15, 0.2) is 0 Å². The van der Waals surface area contributed by atoms with Crippen LogP contribution in [0.3, 0.4) is 0 Å². The first-order chi connectivity index (χ1) is 5.01. The van der Waals surface area contributed by atoms with Gasteiger partial charge in [0.25, 0.3) is 0 Å². The van der Waals surface area contributed by atoms with E-state index in [0.717, 1.165) is 0 Å². The number of nitrogens with zero attached hydrogens (tertiary/aromatic N) is 1. The van der Waals surface area contributed by atoms with Gasteiger partial charge in [0.1, 0.15) is 0 Å². The second-order valence-electron chi connectivity index (χ2n) is 3.37. The lowest BCUT2D eigenvalue weighted by Gasteiger charge is -2.37. The van der Waals surface area contributed by atoms with Crippen molar-refractivity contribution in [2.45, 2.75) is 19.4 Å². The Morgan fingerprint density at radius 1 is 1.64 bits per heavy atom. The molecule has 0 saturated carbocycles. The molecular formula is C7H14N2O2. The van der Waals surface area contributed by atoms with Gasteiger partial charge in [0, 0.05) is 6.54 Å². The first-order valence-corrected chi connectivity index (χ1v) is 3.70. The van der Waals surface area contributed by atoms with E-state index >= 15 is 0 Å². The fraction of sp³-hybridized carbons (Fsp3) is 0.857. The van der Waals surface area contributed by atoms with E-state index < -0.39 is 0 Å². The van der Waals surface area contributed by atoms with Crippen molar-refractivity contribution in [3.63, 3.8) is 0 Å². The zero-order valence-electron chi connectivity index (χ0n) is 6.96. The first kappa shape index (κ1) is 8.33. The highest BCUT2D eigenvalue weighted by atomic mass is 16.5. The molecule has 0 aromatic heterocycles. The molecule has 2 N–H and O–H groups in total. The molecule has 1 aliphatic heterocycles. The van der Waals surface area contributed by atoms with Gasteiger partial charge in [-0.05, 0) is 13.8 Å². The topological polar surface area (TPSA) is 55.6 Å². The quantitative estimate of drug-likeness (QED) is 0.546. The van der Waals surface area contributed by atoms with E-state index in [1.165, 1.54) is 0 Å². The number of amides is 2. The number of hydrogen-bond donors (Lipinski definition) is 1. The second kappa shape index (κ2) is 2.70. The number of carbonyl (C=O) groups is 1. The minimum Gasteiger partial charge on any atom is -0.372 e. The van der Waals surface area contributed by atoms with Crippen LogP contribution in [0.4, 0.5) is 4.79 Å². The molecule has 0 aliphatic carbocycles. The van der Waals surface area contributed by atoms with Gasteiger partial charge in [0.2, 0.25) is 0 Å². The minimum atomic E-state index is -0.360. The summed E-state index contributed by atoms with van der Waals surface area (Å²) in [5, 5.41) is 0. The van der Waals surface area contributed by atoms with E-state index in [-0.39, 0.29) is 11.6 Å². The summed E-state index contributed by atoms with van der Waals surface area (Å²) in [6, 6.07) is -0.360. The molecular weight excluding hydrogens is 144 g/mol. The van der Waals surface area contributed by atoms with Crippen molar-refractivity contribution < 1.29 is 9.53 Å². The Morgan fingerprint density at radius 2 is 2.27 bits per heavy atom. The Balaban J connectivity index is 2.53. The third-order valence-electron chi connectivity index (χ3n) is 1.74. The van der Waals surface area contributed by atoms with E-state index in [1.807, 2.05) is 13.8 Å². The maximum absolute atomic E-state index is 10.7. The van der Waals surface area contributed by atoms with Gasteiger partial charge in [-0.2, -0.15) is 0 Å². The number of morpholine rings is 1. The summed E-state index contributed by atoms with van der Waals surface area (Å²) in [6.45, 7) is 5.67. The Kier molecular flexibility index (Phi) is 2.04. The number of nitrogens with two attached hydrogens (primary N) is 1. The van der Waals surface area contributed by atoms with Crippen molar-refractivity contribution in [3.8, 4) is 0 Å². The molecule has 4 nitrogen and oxygen atoms in total. The smallest absolute Gasteiger partial charge is 0.314 e. The van der Waals surface area contributed by atoms with E-state index in [1.54, 1.807) is 4.90 Å². The number of primary amides is 1. The molecule has 0 aromatic rings. The van der Waals surface area contributed by atoms with Gasteiger partial charge >= 0.3 is 6.03 Å². The minimum absolute atomic E-state index is 0.243. The molecule has 2 amide bonds. The number of carbonyl (C=O) groups excluding carboxylic acids is 1. The zero-order valence-corrected chi connectivity index (χ0v) is 6.96. The molecule has 4 heteroatoms. The molecule has 0 unspecified atom stereocenters. The number of hydrogen-bond acceptors (Lipinski definition) is 2. The highest BCUT2D eigenvalue weighted by molar-refractivity contribution is 5.72. The normalized spacial score (nSPS) is 23.3. The lowest BCUT2D eigenvalue weighted by atomic mass is 10.1. The van der Waals surface area contributed by atoms with Crippen LogP contribution >= 0.6 is 0 Å². The Bertz CT molecular complexity index is 168. The molecule has 1 aliphatic rings. The van der Waals surface area contributed by atoms with Gasteiger partial charge in [0.05, 0.1) is 18.8 Å². The van der Waals surface area contributed by atoms with E-state index in [9.17, 15) is 4.79 Å². The Labute approximate surface area is 66.3 Å². The van der Waals surface area contributed by atoms with Crippen LogP contribution in [-0.2, 0) is 4.74 Å². The van der Waals surface area contributed by atoms with Gasteiger partial charge in [0.15, 0.2) is 0 Å². The summed E-state index contributed by atoms with van der Waals surface area (Å²) in [5.41, 5.74) is 4.88. The fourth-order valence-electron chi connectivity index (χ4n) is 1.20. The molecule has 1 heterocycles. The van der Waals surface area contributed by atoms with Crippen molar-refractivity contribution in [2.75, 3.05) is 19.7 Å². The SMILES string of the molecule is CC1(C)CN(C(N)=O)CCO1. The van der Waals surface area contributed by atoms with Crippen LogP contribution in [-0.4, -0.2) is 36.2 Å². The number of ether oxygens (including phenoxy) is 1. The van der Waals surface area contributed by atoms with E-state index in [0.29, 0.717) is 19.7 Å². The van der Waals surface area contributed by atoms with Crippen molar-refractivity contribution in [1.82, 2.24) is 4.90 Å². The summed E-state index contributed by atoms with van der Waals surface area (Å²) >= 11 is 0. The van der Waals surface area contributed by atoms with Gasteiger partial charge in [-0.3, -0.25) is 0 Å². The summed E-state index contributed by atoms with van der Waals surface area (Å²) in [5.74, 6) is 0. The van der Waals surface area contributed by atoms with Gasteiger partial charge < -0.3 is 15.4 Å². The van der Waals surface area contributed by atoms with Gasteiger partial charge in [-0.15, -0.1) is 0 Å². The third-order valence-corrected chi connectivity index (χ3v) is 1.74. The summed E-state index contributed by atoms with van der Waals surface area (Å²) < 4.78 is 5.40. The first-order valence-electron chi connectivity index (χ1n) is 3.70. The molecule has 0 spiro atoms. The maximum Gasteiger partial charge on any atom is 0.314 e. The van der Waals surface area contributed by atoms with Crippen molar-refractivity contribution in [3.05, 3.63) is 0 Å². The predicted octanol–water partition coefficient (Wildman–Crippen LogP) is 0.176. The average Bonchev–Trinajstić information content (AvgIpc) is 1.85. The molecule has 64 valence electrons. The Morgan fingerprint density at radius 3 is 2.64 bits per heavy atom. The third kappa shape index (κ3) is 2.08. The van der Waals surface area contributed by atoms with E-state index in [2.05, 4.69) is 0 Å². The fourth-order valence-corrected chi connectivity index (χ4v) is 1.20. The van der Waals surface area contributed by atoms with Gasteiger partial charge in [-0.25, -0.2) is 4.79 Å². The summed E-state index contributed by atoms with van der Waals surface area (Å²) in [7, 11) is 0. The molecule has 11 heavy (non-hydrogen) atoms. The maximum atomic E-state index is 10.7. The number of urea groups is 1. The van der Waals surface area contributed by atoms with Crippen LogP contribution in [0.5, 0.6) is 0 Å². The Hall–Kier alpha value is -0.770. The van der Waals surface area contributed by atoms with Crippen LogP contribution in [0.25, 0.3) is 0 Å². The van der Waals surface area contributed by atoms with Crippen LogP contribution < -0.4 is 5.73 Å². The lowest BCUT2D eigenvalue weighted by Crippen LogP contribution is -2.52. The summed E-state index contributed by atoms with van der Waals surface area (Å²) in [4.78, 5) is 12.3. The molecule has 1 rings (SSSR count). The lowest BCUT2D eigenvalue weighted by molar-refractivity contribution is -0.0725. The highest BCUT2D eigenvalue weighted by Crippen LogP contribution is 2.15. The average molecular weight is 158 g/mol. The van der Waals surface area contributed by atoms with Gasteiger partial charge in [-0.1, -0.05) is 0 Å². The highest BCUT2D eigenvalue weighted by Gasteiger charge is 2.28. The zero-order chi connectivity index (χ0) is 8.48. The largest absolute Gasteiger partial charge is 0.372 e. The standard InChI is InChI=1S/C7H14N2O2/c1-7(2)5-9(6(8)10)3-4-11-7/h3-5H2,1-2H3,(H2,8,10).